The average molecular weight is 499 g/mol. The van der Waals surface area contributed by atoms with Crippen LogP contribution in [0, 0.1) is 12.8 Å². The molecule has 2 aromatic heterocycles. The second-order valence-electron chi connectivity index (χ2n) is 9.64. The third kappa shape index (κ3) is 4.78. The molecule has 1 saturated carbocycles. The van der Waals surface area contributed by atoms with Crippen LogP contribution in [0.3, 0.4) is 0 Å². The lowest BCUT2D eigenvalue weighted by molar-refractivity contribution is -0.123. The van der Waals surface area contributed by atoms with Crippen molar-refractivity contribution in [3.8, 4) is 0 Å². The van der Waals surface area contributed by atoms with E-state index in [0.717, 1.165) is 56.6 Å². The van der Waals surface area contributed by atoms with Gasteiger partial charge in [-0.1, -0.05) is 37.0 Å². The van der Waals surface area contributed by atoms with Gasteiger partial charge in [-0.15, -0.1) is 0 Å². The predicted octanol–water partition coefficient (Wildman–Crippen LogP) is 4.37. The van der Waals surface area contributed by atoms with Crippen molar-refractivity contribution in [1.29, 1.82) is 0 Å². The zero-order valence-corrected chi connectivity index (χ0v) is 21.2. The van der Waals surface area contributed by atoms with E-state index in [1.54, 1.807) is 21.6 Å². The number of hydrogen-bond acceptors (Lipinski definition) is 7. The standard InChI is InChI=1S/C25H30N4O3S2/c1-15-5-8-17(9-6-15)26-22-19(23(30)28-13-16(2)7-10-21(28)27-22)12-20-24(31)29(25(33)34-20)14-18-4-3-11-32-18/h7,10,12-13,15,17-18,26H,3-6,8-9,11,14H2,1-2H3/b20-12+. The lowest BCUT2D eigenvalue weighted by Crippen LogP contribution is -2.35. The van der Waals surface area contributed by atoms with Gasteiger partial charge < -0.3 is 10.1 Å². The third-order valence-electron chi connectivity index (χ3n) is 6.92. The molecule has 1 amide bonds. The molecule has 1 aliphatic carbocycles. The first-order chi connectivity index (χ1) is 16.4. The molecule has 180 valence electrons. The molecule has 2 aromatic rings. The maximum Gasteiger partial charge on any atom is 0.267 e. The van der Waals surface area contributed by atoms with Crippen molar-refractivity contribution < 1.29 is 9.53 Å². The van der Waals surface area contributed by atoms with E-state index in [1.807, 2.05) is 19.1 Å². The molecule has 0 aromatic carbocycles. The van der Waals surface area contributed by atoms with E-state index in [2.05, 4.69) is 12.2 Å². The van der Waals surface area contributed by atoms with Gasteiger partial charge in [0.25, 0.3) is 11.5 Å². The first-order valence-corrected chi connectivity index (χ1v) is 13.3. The van der Waals surface area contributed by atoms with E-state index in [0.29, 0.717) is 32.8 Å². The van der Waals surface area contributed by atoms with E-state index in [9.17, 15) is 9.59 Å². The number of nitrogens with one attached hydrogen (secondary N) is 1. The fraction of sp³-hybridized carbons (Fsp3) is 0.520. The molecule has 0 radical (unpaired) electrons. The molecular formula is C25H30N4O3S2. The summed E-state index contributed by atoms with van der Waals surface area (Å²) in [5, 5.41) is 3.53. The van der Waals surface area contributed by atoms with E-state index >= 15 is 0 Å². The van der Waals surface area contributed by atoms with Crippen molar-refractivity contribution in [3.63, 3.8) is 0 Å². The number of fused-ring (bicyclic) bond motifs is 1. The van der Waals surface area contributed by atoms with Crippen LogP contribution in [0.2, 0.25) is 0 Å². The third-order valence-corrected chi connectivity index (χ3v) is 8.30. The zero-order chi connectivity index (χ0) is 23.8. The Morgan fingerprint density at radius 1 is 1.24 bits per heavy atom. The van der Waals surface area contributed by atoms with Gasteiger partial charge in [-0.25, -0.2) is 4.98 Å². The minimum absolute atomic E-state index is 0.0173. The Labute approximate surface area is 209 Å². The van der Waals surface area contributed by atoms with Crippen LogP contribution in [0.5, 0.6) is 0 Å². The van der Waals surface area contributed by atoms with Gasteiger partial charge in [0, 0.05) is 18.8 Å². The Bertz CT molecular complexity index is 1210. The van der Waals surface area contributed by atoms with Crippen LogP contribution in [0.4, 0.5) is 5.82 Å². The first-order valence-electron chi connectivity index (χ1n) is 12.1. The van der Waals surface area contributed by atoms with Crippen molar-refractivity contribution in [2.45, 2.75) is 64.5 Å². The fourth-order valence-corrected chi connectivity index (χ4v) is 6.13. The van der Waals surface area contributed by atoms with Gasteiger partial charge in [-0.3, -0.25) is 18.9 Å². The van der Waals surface area contributed by atoms with Gasteiger partial charge in [0.2, 0.25) is 0 Å². The lowest BCUT2D eigenvalue weighted by Gasteiger charge is -2.27. The highest BCUT2D eigenvalue weighted by Crippen LogP contribution is 2.34. The predicted molar refractivity (Wildman–Crippen MR) is 140 cm³/mol. The van der Waals surface area contributed by atoms with Crippen LogP contribution in [0.25, 0.3) is 11.7 Å². The molecule has 2 aliphatic heterocycles. The molecule has 3 aliphatic rings. The van der Waals surface area contributed by atoms with Crippen LogP contribution in [-0.4, -0.2) is 49.8 Å². The van der Waals surface area contributed by atoms with Gasteiger partial charge in [0.1, 0.15) is 15.8 Å². The molecule has 3 fully saturated rings. The lowest BCUT2D eigenvalue weighted by atomic mass is 9.87. The number of aromatic nitrogens is 2. The topological polar surface area (TPSA) is 75.9 Å². The molecule has 0 bridgehead atoms. The number of amides is 1. The molecule has 1 atom stereocenters. The number of ether oxygens (including phenoxy) is 1. The summed E-state index contributed by atoms with van der Waals surface area (Å²) in [5.41, 5.74) is 1.77. The second kappa shape index (κ2) is 9.79. The van der Waals surface area contributed by atoms with E-state index < -0.39 is 0 Å². The normalized spacial score (nSPS) is 26.7. The monoisotopic (exact) mass is 498 g/mol. The summed E-state index contributed by atoms with van der Waals surface area (Å²) in [7, 11) is 0. The summed E-state index contributed by atoms with van der Waals surface area (Å²) in [5.74, 6) is 1.09. The average Bonchev–Trinajstić information content (AvgIpc) is 3.42. The Morgan fingerprint density at radius 2 is 2.03 bits per heavy atom. The molecule has 7 nitrogen and oxygen atoms in total. The molecule has 5 rings (SSSR count). The Hall–Kier alpha value is -2.23. The quantitative estimate of drug-likeness (QED) is 0.484. The minimum Gasteiger partial charge on any atom is -0.376 e. The summed E-state index contributed by atoms with van der Waals surface area (Å²) in [4.78, 5) is 33.7. The van der Waals surface area contributed by atoms with Crippen molar-refractivity contribution in [2.75, 3.05) is 18.5 Å². The molecular weight excluding hydrogens is 468 g/mol. The summed E-state index contributed by atoms with van der Waals surface area (Å²) < 4.78 is 7.76. The number of thioether (sulfide) groups is 1. The van der Waals surface area contributed by atoms with Gasteiger partial charge in [0.15, 0.2) is 0 Å². The molecule has 4 heterocycles. The second-order valence-corrected chi connectivity index (χ2v) is 11.3. The Kier molecular flexibility index (Phi) is 6.77. The number of anilines is 1. The summed E-state index contributed by atoms with van der Waals surface area (Å²) in [6, 6.07) is 4.07. The SMILES string of the molecule is Cc1ccc2nc(NC3CCC(C)CC3)c(/C=C3/SC(=S)N(CC4CCCO4)C3=O)c(=O)n2c1. The van der Waals surface area contributed by atoms with Crippen LogP contribution < -0.4 is 10.9 Å². The summed E-state index contributed by atoms with van der Waals surface area (Å²) in [6.07, 6.45) is 9.80. The highest BCUT2D eigenvalue weighted by molar-refractivity contribution is 8.26. The van der Waals surface area contributed by atoms with E-state index in [1.165, 1.54) is 11.8 Å². The zero-order valence-electron chi connectivity index (χ0n) is 19.6. The largest absolute Gasteiger partial charge is 0.376 e. The molecule has 9 heteroatoms. The molecule has 0 spiro atoms. The van der Waals surface area contributed by atoms with Crippen LogP contribution in [0.15, 0.2) is 28.0 Å². The Morgan fingerprint density at radius 3 is 2.76 bits per heavy atom. The number of pyridine rings is 1. The number of nitrogens with zero attached hydrogens (tertiary/aromatic N) is 3. The number of carbonyl (C=O) groups excluding carboxylic acids is 1. The summed E-state index contributed by atoms with van der Waals surface area (Å²) >= 11 is 6.75. The molecule has 1 N–H and O–H groups in total. The fourth-order valence-electron chi connectivity index (χ4n) is 4.88. The van der Waals surface area contributed by atoms with Gasteiger partial charge in [-0.05, 0) is 69.1 Å². The maximum absolute atomic E-state index is 13.6. The van der Waals surface area contributed by atoms with Gasteiger partial charge in [0.05, 0.1) is 23.1 Å². The maximum atomic E-state index is 13.6. The van der Waals surface area contributed by atoms with E-state index in [4.69, 9.17) is 21.9 Å². The number of rotatable bonds is 5. The van der Waals surface area contributed by atoms with Crippen LogP contribution in [0.1, 0.15) is 56.6 Å². The number of thiocarbonyl (C=S) groups is 1. The Balaban J connectivity index is 1.51. The van der Waals surface area contributed by atoms with Crippen LogP contribution >= 0.6 is 24.0 Å². The highest BCUT2D eigenvalue weighted by Gasteiger charge is 2.35. The van der Waals surface area contributed by atoms with Crippen molar-refractivity contribution >= 4 is 51.7 Å². The van der Waals surface area contributed by atoms with E-state index in [-0.39, 0.29) is 23.6 Å². The van der Waals surface area contributed by atoms with Crippen molar-refractivity contribution in [2.24, 2.45) is 5.92 Å². The summed E-state index contributed by atoms with van der Waals surface area (Å²) in [6.45, 7) is 5.41. The highest BCUT2D eigenvalue weighted by atomic mass is 32.2. The number of carbonyl (C=O) groups is 1. The van der Waals surface area contributed by atoms with Crippen molar-refractivity contribution in [1.82, 2.24) is 14.3 Å². The molecule has 1 unspecified atom stereocenters. The smallest absolute Gasteiger partial charge is 0.267 e. The van der Waals surface area contributed by atoms with Crippen molar-refractivity contribution in [3.05, 3.63) is 44.7 Å². The van der Waals surface area contributed by atoms with Gasteiger partial charge >= 0.3 is 0 Å². The van der Waals surface area contributed by atoms with Gasteiger partial charge in [-0.2, -0.15) is 0 Å². The minimum atomic E-state index is -0.190. The molecule has 34 heavy (non-hydrogen) atoms. The molecule has 2 saturated heterocycles. The number of hydrogen-bond donors (Lipinski definition) is 1. The van der Waals surface area contributed by atoms with Crippen LogP contribution in [-0.2, 0) is 9.53 Å². The first kappa shape index (κ1) is 23.5. The number of aryl methyl sites for hydroxylation is 1.